The average Bonchev–Trinajstić information content (AvgIpc) is 2.27. The van der Waals surface area contributed by atoms with E-state index in [4.69, 9.17) is 0 Å². The van der Waals surface area contributed by atoms with E-state index in [0.717, 1.165) is 18.2 Å². The number of nitro benzene ring substituents is 1. The van der Waals surface area contributed by atoms with Crippen LogP contribution < -0.4 is 4.74 Å². The zero-order valence-corrected chi connectivity index (χ0v) is 11.1. The predicted molar refractivity (Wildman–Crippen MR) is 63.0 cm³/mol. The Hall–Kier alpha value is -1.77. The molecule has 0 aliphatic heterocycles. The van der Waals surface area contributed by atoms with E-state index >= 15 is 0 Å². The number of benzene rings is 1. The van der Waals surface area contributed by atoms with E-state index in [0.29, 0.717) is 0 Å². The third-order valence-electron chi connectivity index (χ3n) is 1.83. The highest BCUT2D eigenvalue weighted by Crippen LogP contribution is 2.30. The molecule has 19 heavy (non-hydrogen) atoms. The topological polar surface area (TPSA) is 78.7 Å². The number of hydrogen-bond acceptors (Lipinski definition) is 5. The first-order valence-electron chi connectivity index (χ1n) is 4.95. The lowest BCUT2D eigenvalue weighted by Crippen LogP contribution is -2.36. The van der Waals surface area contributed by atoms with E-state index in [1.165, 1.54) is 6.92 Å². The lowest BCUT2D eigenvalue weighted by Gasteiger charge is -2.15. The number of carbonyl (C=O) groups excluding carboxylic acids is 1. The lowest BCUT2D eigenvalue weighted by molar-refractivity contribution is -0.385. The summed E-state index contributed by atoms with van der Waals surface area (Å²) in [6, 6.07) is 2.95. The van der Waals surface area contributed by atoms with Crippen LogP contribution in [0.4, 0.5) is 14.5 Å². The average molecular weight is 340 g/mol. The van der Waals surface area contributed by atoms with Crippen molar-refractivity contribution in [3.63, 3.8) is 0 Å². The van der Waals surface area contributed by atoms with Crippen molar-refractivity contribution in [1.82, 2.24) is 0 Å². The first kappa shape index (κ1) is 15.3. The van der Waals surface area contributed by atoms with Gasteiger partial charge in [0, 0.05) is 10.5 Å². The second-order valence-electron chi connectivity index (χ2n) is 3.24. The third kappa shape index (κ3) is 4.12. The molecule has 0 unspecified atom stereocenters. The van der Waals surface area contributed by atoms with E-state index in [9.17, 15) is 23.7 Å². The normalized spacial score (nSPS) is 10.9. The summed E-state index contributed by atoms with van der Waals surface area (Å²) in [5.41, 5.74) is -0.455. The highest BCUT2D eigenvalue weighted by atomic mass is 79.9. The molecule has 104 valence electrons. The van der Waals surface area contributed by atoms with Crippen molar-refractivity contribution in [2.24, 2.45) is 0 Å². The molecule has 6 nitrogen and oxygen atoms in total. The molecule has 9 heteroatoms. The summed E-state index contributed by atoms with van der Waals surface area (Å²) in [7, 11) is 0. The monoisotopic (exact) mass is 339 g/mol. The van der Waals surface area contributed by atoms with Crippen LogP contribution in [0.15, 0.2) is 22.7 Å². The summed E-state index contributed by atoms with van der Waals surface area (Å²) < 4.78 is 35.0. The molecule has 0 bridgehead atoms. The number of nitro groups is 1. The predicted octanol–water partition coefficient (Wildman–Crippen LogP) is 2.89. The molecule has 0 saturated carbocycles. The summed E-state index contributed by atoms with van der Waals surface area (Å²) in [5, 5.41) is 10.6. The summed E-state index contributed by atoms with van der Waals surface area (Å²) in [6.45, 7) is 1.12. The second kappa shape index (κ2) is 5.91. The molecule has 0 amide bonds. The van der Waals surface area contributed by atoms with Crippen LogP contribution in [0, 0.1) is 10.1 Å². The van der Waals surface area contributed by atoms with Crippen molar-refractivity contribution in [1.29, 1.82) is 0 Å². The Balaban J connectivity index is 2.98. The van der Waals surface area contributed by atoms with Crippen molar-refractivity contribution >= 4 is 27.6 Å². The van der Waals surface area contributed by atoms with Crippen LogP contribution in [-0.2, 0) is 9.53 Å². The molecule has 0 saturated heterocycles. The molecule has 0 heterocycles. The molecule has 0 spiro atoms. The van der Waals surface area contributed by atoms with E-state index in [1.54, 1.807) is 0 Å². The molecular weight excluding hydrogens is 332 g/mol. The Labute approximate surface area is 114 Å². The molecule has 1 aromatic carbocycles. The Morgan fingerprint density at radius 1 is 1.47 bits per heavy atom. The maximum atomic E-state index is 13.3. The van der Waals surface area contributed by atoms with Gasteiger partial charge in [0.1, 0.15) is 5.75 Å². The van der Waals surface area contributed by atoms with Crippen LogP contribution in [0.5, 0.6) is 5.75 Å². The van der Waals surface area contributed by atoms with Crippen molar-refractivity contribution in [2.75, 3.05) is 6.61 Å². The Morgan fingerprint density at radius 3 is 2.63 bits per heavy atom. The summed E-state index contributed by atoms with van der Waals surface area (Å²) >= 11 is 2.91. The molecule has 0 aliphatic carbocycles. The number of carbonyl (C=O) groups is 1. The fraction of sp³-hybridized carbons (Fsp3) is 0.300. The van der Waals surface area contributed by atoms with Crippen molar-refractivity contribution < 1.29 is 28.0 Å². The zero-order chi connectivity index (χ0) is 14.6. The largest absolute Gasteiger partial charge is 0.502 e. The van der Waals surface area contributed by atoms with E-state index < -0.39 is 28.4 Å². The molecular formula is C10H8BrF2NO5. The first-order chi connectivity index (χ1) is 8.76. The Kier molecular flexibility index (Phi) is 4.76. The molecule has 0 atom stereocenters. The smallest absolute Gasteiger partial charge is 0.459 e. The van der Waals surface area contributed by atoms with Crippen molar-refractivity contribution in [3.05, 3.63) is 32.8 Å². The number of rotatable bonds is 5. The number of nitrogens with zero attached hydrogens (tertiary/aromatic N) is 1. The van der Waals surface area contributed by atoms with E-state index in [-0.39, 0.29) is 11.1 Å². The van der Waals surface area contributed by atoms with Gasteiger partial charge in [-0.1, -0.05) is 15.9 Å². The third-order valence-corrected chi connectivity index (χ3v) is 2.28. The lowest BCUT2D eigenvalue weighted by atomic mass is 10.3. The van der Waals surface area contributed by atoms with Gasteiger partial charge in [-0.2, -0.15) is 8.78 Å². The number of alkyl halides is 2. The fourth-order valence-electron chi connectivity index (χ4n) is 1.12. The number of hydrogen-bond donors (Lipinski definition) is 0. The maximum Gasteiger partial charge on any atom is 0.502 e. The maximum absolute atomic E-state index is 13.3. The molecule has 0 fully saturated rings. The van der Waals surface area contributed by atoms with Gasteiger partial charge in [-0.05, 0) is 13.0 Å². The van der Waals surface area contributed by atoms with Gasteiger partial charge in [0.25, 0.3) is 5.69 Å². The fourth-order valence-corrected chi connectivity index (χ4v) is 1.58. The van der Waals surface area contributed by atoms with Crippen LogP contribution in [0.25, 0.3) is 0 Å². The van der Waals surface area contributed by atoms with Gasteiger partial charge in [0.05, 0.1) is 17.6 Å². The first-order valence-corrected chi connectivity index (χ1v) is 5.74. The number of non-ortho nitro benzene ring substituents is 1. The van der Waals surface area contributed by atoms with E-state index in [1.807, 2.05) is 0 Å². The quantitative estimate of drug-likeness (QED) is 0.468. The molecule has 1 rings (SSSR count). The van der Waals surface area contributed by atoms with Crippen LogP contribution >= 0.6 is 15.9 Å². The van der Waals surface area contributed by atoms with Crippen molar-refractivity contribution in [3.8, 4) is 5.75 Å². The molecule has 0 aliphatic rings. The molecule has 0 radical (unpaired) electrons. The van der Waals surface area contributed by atoms with Crippen LogP contribution in [0.1, 0.15) is 6.92 Å². The van der Waals surface area contributed by atoms with Crippen LogP contribution in [-0.4, -0.2) is 23.6 Å². The zero-order valence-electron chi connectivity index (χ0n) is 9.56. The summed E-state index contributed by atoms with van der Waals surface area (Å²) in [5.74, 6) is -2.39. The Morgan fingerprint density at radius 2 is 2.11 bits per heavy atom. The van der Waals surface area contributed by atoms with Crippen LogP contribution in [0.3, 0.4) is 0 Å². The van der Waals surface area contributed by atoms with Gasteiger partial charge in [0.15, 0.2) is 0 Å². The minimum Gasteiger partial charge on any atom is -0.459 e. The number of ether oxygens (including phenoxy) is 2. The van der Waals surface area contributed by atoms with Gasteiger partial charge in [-0.25, -0.2) is 4.79 Å². The minimum absolute atomic E-state index is 0.163. The molecule has 1 aromatic rings. The second-order valence-corrected chi connectivity index (χ2v) is 4.16. The Bertz CT molecular complexity index is 509. The van der Waals surface area contributed by atoms with Gasteiger partial charge in [-0.15, -0.1) is 0 Å². The van der Waals surface area contributed by atoms with Crippen LogP contribution in [0.2, 0.25) is 0 Å². The van der Waals surface area contributed by atoms with Gasteiger partial charge in [-0.3, -0.25) is 10.1 Å². The molecule has 0 aromatic heterocycles. The van der Waals surface area contributed by atoms with Gasteiger partial charge >= 0.3 is 12.1 Å². The SMILES string of the molecule is CCOC(=O)C(F)(F)Oc1cc(Br)cc([N+](=O)[O-])c1. The summed E-state index contributed by atoms with van der Waals surface area (Å²) in [6.07, 6.45) is -4.22. The van der Waals surface area contributed by atoms with Gasteiger partial charge < -0.3 is 9.47 Å². The number of halogens is 3. The number of esters is 1. The standard InChI is InChI=1S/C10H8BrF2NO5/c1-2-18-9(15)10(12,13)19-8-4-6(11)3-7(5-8)14(16)17/h3-5H,2H2,1H3. The highest BCUT2D eigenvalue weighted by Gasteiger charge is 2.44. The highest BCUT2D eigenvalue weighted by molar-refractivity contribution is 9.10. The van der Waals surface area contributed by atoms with Crippen molar-refractivity contribution in [2.45, 2.75) is 13.0 Å². The van der Waals surface area contributed by atoms with Gasteiger partial charge in [0.2, 0.25) is 0 Å². The van der Waals surface area contributed by atoms with E-state index in [2.05, 4.69) is 25.4 Å². The molecule has 0 N–H and O–H groups in total. The summed E-state index contributed by atoms with van der Waals surface area (Å²) in [4.78, 5) is 20.7. The minimum atomic E-state index is -4.22.